The molecule has 4 aromatic rings. The van der Waals surface area contributed by atoms with Crippen molar-refractivity contribution < 1.29 is 9.31 Å². The number of nitrogens with zero attached hydrogens (tertiary/aromatic N) is 2. The summed E-state index contributed by atoms with van der Waals surface area (Å²) in [5.41, 5.74) is 5.80. The van der Waals surface area contributed by atoms with Gasteiger partial charge in [-0.15, -0.1) is 0 Å². The second kappa shape index (κ2) is 7.54. The van der Waals surface area contributed by atoms with Crippen LogP contribution in [-0.4, -0.2) is 28.3 Å². The summed E-state index contributed by atoms with van der Waals surface area (Å²) in [7, 11) is -0.384. The Hall–Kier alpha value is -3.02. The van der Waals surface area contributed by atoms with Gasteiger partial charge < -0.3 is 9.31 Å². The maximum absolute atomic E-state index is 6.28. The van der Waals surface area contributed by atoms with Crippen molar-refractivity contribution in [1.29, 1.82) is 0 Å². The number of aryl methyl sites for hydroxylation is 1. The molecule has 0 saturated carbocycles. The molecule has 0 N–H and O–H groups in total. The molecule has 1 fully saturated rings. The molecule has 2 aromatic heterocycles. The Kier molecular flexibility index (Phi) is 4.92. The summed E-state index contributed by atoms with van der Waals surface area (Å²) in [6, 6.07) is 19.0. The minimum absolute atomic E-state index is 0.365. The summed E-state index contributed by atoms with van der Waals surface area (Å²) in [5.74, 6) is 0. The highest BCUT2D eigenvalue weighted by Crippen LogP contribution is 2.38. The third-order valence-electron chi connectivity index (χ3n) is 6.76. The number of fused-ring (bicyclic) bond motifs is 1. The van der Waals surface area contributed by atoms with Crippen molar-refractivity contribution in [2.75, 3.05) is 0 Å². The van der Waals surface area contributed by atoms with E-state index in [2.05, 4.69) is 86.2 Å². The summed E-state index contributed by atoms with van der Waals surface area (Å²) in [4.78, 5) is 8.88. The molecule has 2 aromatic carbocycles. The molecule has 3 heterocycles. The quantitative estimate of drug-likeness (QED) is 0.405. The average Bonchev–Trinajstić information content (AvgIpc) is 3.01. The summed E-state index contributed by atoms with van der Waals surface area (Å²) in [6.07, 6.45) is 5.71. The van der Waals surface area contributed by atoms with Crippen LogP contribution < -0.4 is 5.46 Å². The minimum atomic E-state index is -0.384. The highest BCUT2D eigenvalue weighted by molar-refractivity contribution is 6.62. The molecule has 160 valence electrons. The van der Waals surface area contributed by atoms with Crippen LogP contribution in [0.5, 0.6) is 0 Å². The van der Waals surface area contributed by atoms with E-state index >= 15 is 0 Å². The van der Waals surface area contributed by atoms with E-state index in [4.69, 9.17) is 9.31 Å². The van der Waals surface area contributed by atoms with Gasteiger partial charge in [0.05, 0.1) is 11.2 Å². The van der Waals surface area contributed by atoms with Gasteiger partial charge >= 0.3 is 7.12 Å². The number of pyridine rings is 2. The highest BCUT2D eigenvalue weighted by atomic mass is 16.7. The Morgan fingerprint density at radius 3 is 2.16 bits per heavy atom. The minimum Gasteiger partial charge on any atom is -0.399 e. The van der Waals surface area contributed by atoms with Gasteiger partial charge in [-0.2, -0.15) is 0 Å². The molecule has 1 aliphatic heterocycles. The largest absolute Gasteiger partial charge is 0.494 e. The van der Waals surface area contributed by atoms with Crippen LogP contribution in [0.15, 0.2) is 73.2 Å². The van der Waals surface area contributed by atoms with Crippen LogP contribution in [0.2, 0.25) is 0 Å². The number of rotatable bonds is 3. The zero-order valence-electron chi connectivity index (χ0n) is 19.2. The molecule has 4 nitrogen and oxygen atoms in total. The standard InChI is InChI=1S/C27H27BN2O2/c1-18-9-10-20(16-30-18)23-12-11-22(24-13-14-29-17-25(23)24)19-7-6-8-21(15-19)28-31-26(2,3)27(4,5)32-28/h6-17H,1-5H3. The van der Waals surface area contributed by atoms with Gasteiger partial charge in [0.2, 0.25) is 0 Å². The van der Waals surface area contributed by atoms with E-state index in [0.717, 1.165) is 44.2 Å². The molecule has 0 atom stereocenters. The molecule has 0 radical (unpaired) electrons. The number of hydrogen-bond acceptors (Lipinski definition) is 4. The Labute approximate surface area is 189 Å². The van der Waals surface area contributed by atoms with Crippen LogP contribution in [-0.2, 0) is 9.31 Å². The number of benzene rings is 2. The number of aromatic nitrogens is 2. The molecule has 0 bridgehead atoms. The van der Waals surface area contributed by atoms with Crippen molar-refractivity contribution in [3.05, 3.63) is 78.9 Å². The van der Waals surface area contributed by atoms with E-state index in [1.54, 1.807) is 0 Å². The van der Waals surface area contributed by atoms with Crippen LogP contribution in [0.1, 0.15) is 33.4 Å². The summed E-state index contributed by atoms with van der Waals surface area (Å²) < 4.78 is 12.6. The molecule has 5 heteroatoms. The van der Waals surface area contributed by atoms with Crippen molar-refractivity contribution in [3.8, 4) is 22.3 Å². The van der Waals surface area contributed by atoms with Crippen molar-refractivity contribution >= 4 is 23.4 Å². The summed E-state index contributed by atoms with van der Waals surface area (Å²) >= 11 is 0. The Morgan fingerprint density at radius 2 is 1.47 bits per heavy atom. The van der Waals surface area contributed by atoms with Crippen molar-refractivity contribution in [2.45, 2.75) is 45.8 Å². The fourth-order valence-electron chi connectivity index (χ4n) is 4.15. The molecule has 0 spiro atoms. The van der Waals surface area contributed by atoms with Gasteiger partial charge in [0.1, 0.15) is 0 Å². The first kappa shape index (κ1) is 20.9. The fourth-order valence-corrected chi connectivity index (χ4v) is 4.15. The zero-order valence-corrected chi connectivity index (χ0v) is 19.2. The van der Waals surface area contributed by atoms with Gasteiger partial charge in [-0.05, 0) is 74.3 Å². The molecular weight excluding hydrogens is 395 g/mol. The monoisotopic (exact) mass is 422 g/mol. The van der Waals surface area contributed by atoms with E-state index in [1.165, 1.54) is 0 Å². The SMILES string of the molecule is Cc1ccc(-c2ccc(-c3cccc(B4OC(C)(C)C(C)(C)O4)c3)c3ccncc23)cn1. The van der Waals surface area contributed by atoms with E-state index in [-0.39, 0.29) is 18.3 Å². The van der Waals surface area contributed by atoms with Gasteiger partial charge in [0.25, 0.3) is 0 Å². The lowest BCUT2D eigenvalue weighted by atomic mass is 9.77. The van der Waals surface area contributed by atoms with Gasteiger partial charge in [0.15, 0.2) is 0 Å². The van der Waals surface area contributed by atoms with Crippen molar-refractivity contribution in [3.63, 3.8) is 0 Å². The van der Waals surface area contributed by atoms with Gasteiger partial charge in [0, 0.05) is 35.2 Å². The molecular formula is C27H27BN2O2. The molecule has 0 unspecified atom stereocenters. The first-order chi connectivity index (χ1) is 15.2. The van der Waals surface area contributed by atoms with Crippen molar-refractivity contribution in [1.82, 2.24) is 9.97 Å². The lowest BCUT2D eigenvalue weighted by molar-refractivity contribution is 0.00578. The third kappa shape index (κ3) is 3.52. The number of hydrogen-bond donors (Lipinski definition) is 0. The predicted molar refractivity (Wildman–Crippen MR) is 131 cm³/mol. The average molecular weight is 422 g/mol. The normalized spacial score (nSPS) is 17.1. The summed E-state index contributed by atoms with van der Waals surface area (Å²) in [6.45, 7) is 10.3. The topological polar surface area (TPSA) is 44.2 Å². The molecule has 32 heavy (non-hydrogen) atoms. The smallest absolute Gasteiger partial charge is 0.399 e. The molecule has 0 amide bonds. The molecule has 1 aliphatic rings. The maximum Gasteiger partial charge on any atom is 0.494 e. The Bertz CT molecular complexity index is 1280. The van der Waals surface area contributed by atoms with E-state index in [9.17, 15) is 0 Å². The first-order valence-corrected chi connectivity index (χ1v) is 11.0. The Balaban J connectivity index is 1.59. The Morgan fingerprint density at radius 1 is 0.750 bits per heavy atom. The fraction of sp³-hybridized carbons (Fsp3) is 0.259. The third-order valence-corrected chi connectivity index (χ3v) is 6.76. The molecule has 1 saturated heterocycles. The second-order valence-electron chi connectivity index (χ2n) is 9.48. The van der Waals surface area contributed by atoms with E-state index in [1.807, 2.05) is 31.6 Å². The van der Waals surface area contributed by atoms with Crippen LogP contribution >= 0.6 is 0 Å². The van der Waals surface area contributed by atoms with E-state index in [0.29, 0.717) is 0 Å². The van der Waals surface area contributed by atoms with Gasteiger partial charge in [-0.1, -0.05) is 42.5 Å². The molecule has 5 rings (SSSR count). The highest BCUT2D eigenvalue weighted by Gasteiger charge is 2.51. The summed E-state index contributed by atoms with van der Waals surface area (Å²) in [5, 5.41) is 2.26. The lowest BCUT2D eigenvalue weighted by Gasteiger charge is -2.32. The van der Waals surface area contributed by atoms with Crippen LogP contribution in [0.25, 0.3) is 33.0 Å². The van der Waals surface area contributed by atoms with Crippen LogP contribution in [0.4, 0.5) is 0 Å². The maximum atomic E-state index is 6.28. The predicted octanol–water partition coefficient (Wildman–Crippen LogP) is 5.57. The van der Waals surface area contributed by atoms with Gasteiger partial charge in [-0.25, -0.2) is 0 Å². The first-order valence-electron chi connectivity index (χ1n) is 11.0. The van der Waals surface area contributed by atoms with Crippen molar-refractivity contribution in [2.24, 2.45) is 0 Å². The molecule has 0 aliphatic carbocycles. The van der Waals surface area contributed by atoms with Crippen LogP contribution in [0.3, 0.4) is 0 Å². The van der Waals surface area contributed by atoms with E-state index < -0.39 is 0 Å². The lowest BCUT2D eigenvalue weighted by Crippen LogP contribution is -2.41. The van der Waals surface area contributed by atoms with Gasteiger partial charge in [-0.3, -0.25) is 9.97 Å². The zero-order chi connectivity index (χ0) is 22.5. The van der Waals surface area contributed by atoms with Crippen LogP contribution in [0, 0.1) is 6.92 Å². The second-order valence-corrected chi connectivity index (χ2v) is 9.48.